The molecule has 0 saturated carbocycles. The molecule has 1 saturated heterocycles. The highest BCUT2D eigenvalue weighted by atomic mass is 19.1. The number of rotatable bonds is 4. The van der Waals surface area contributed by atoms with E-state index in [0.29, 0.717) is 31.2 Å². The number of benzene rings is 1. The van der Waals surface area contributed by atoms with Crippen molar-refractivity contribution in [3.63, 3.8) is 0 Å². The Kier molecular flexibility index (Phi) is 6.74. The highest BCUT2D eigenvalue weighted by molar-refractivity contribution is 6.00. The molecule has 1 aromatic carbocycles. The number of aromatic nitrogens is 1. The van der Waals surface area contributed by atoms with Gasteiger partial charge in [-0.3, -0.25) is 10.4 Å². The molecule has 10 heteroatoms. The van der Waals surface area contributed by atoms with Gasteiger partial charge in [-0.15, -0.1) is 0 Å². The van der Waals surface area contributed by atoms with E-state index in [9.17, 15) is 8.78 Å². The number of fused-ring (bicyclic) bond motifs is 1. The standard InChI is InChI=1S/C23H27F2N7O/c1-3-4-16-5-9-32(30-16)10-6-20(31-11-7-27-8-12-31)29-23(26)33-19-14-18(24)22-17(21(19)25)13-15(2)28-22/h3-6,10,13-14,26-28,30H,7-9,11-12H2,1-2H3/b4-3+,10-6?,26-23?,29-20?. The first kappa shape index (κ1) is 22.5. The summed E-state index contributed by atoms with van der Waals surface area (Å²) >= 11 is 0. The van der Waals surface area contributed by atoms with Gasteiger partial charge in [0.25, 0.3) is 0 Å². The quantitative estimate of drug-likeness (QED) is 0.420. The second kappa shape index (κ2) is 9.86. The lowest BCUT2D eigenvalue weighted by Crippen LogP contribution is -2.46. The maximum Gasteiger partial charge on any atom is 0.316 e. The van der Waals surface area contributed by atoms with Crippen LogP contribution in [0.25, 0.3) is 10.9 Å². The SMILES string of the molecule is C/C=C/C1=CCN(C=CC(=NC(=N)Oc2cc(F)c3[nH]c(C)cc3c2F)N2CCNCC2)N1. The summed E-state index contributed by atoms with van der Waals surface area (Å²) in [7, 11) is 0. The lowest BCUT2D eigenvalue weighted by Gasteiger charge is -2.29. The molecule has 4 rings (SSSR count). The molecule has 0 radical (unpaired) electrons. The van der Waals surface area contributed by atoms with Gasteiger partial charge >= 0.3 is 6.02 Å². The number of aryl methyl sites for hydroxylation is 1. The number of aliphatic imine (C=N–C) groups is 1. The second-order valence-corrected chi connectivity index (χ2v) is 7.77. The van der Waals surface area contributed by atoms with Gasteiger partial charge in [0, 0.05) is 49.5 Å². The number of H-pyrrole nitrogens is 1. The zero-order valence-corrected chi connectivity index (χ0v) is 18.6. The van der Waals surface area contributed by atoms with Gasteiger partial charge in [0.2, 0.25) is 0 Å². The molecule has 0 atom stereocenters. The van der Waals surface area contributed by atoms with E-state index >= 15 is 0 Å². The van der Waals surface area contributed by atoms with Gasteiger partial charge in [-0.25, -0.2) is 14.2 Å². The minimum atomic E-state index is -0.737. The van der Waals surface area contributed by atoms with E-state index in [1.165, 1.54) is 6.07 Å². The first-order chi connectivity index (χ1) is 15.9. The summed E-state index contributed by atoms with van der Waals surface area (Å²) in [6.45, 7) is 7.29. The molecule has 2 aliphatic heterocycles. The third-order valence-corrected chi connectivity index (χ3v) is 5.30. The first-order valence-corrected chi connectivity index (χ1v) is 10.8. The molecule has 8 nitrogen and oxygen atoms in total. The first-order valence-electron chi connectivity index (χ1n) is 10.8. The molecule has 4 N–H and O–H groups in total. The number of ether oxygens (including phenoxy) is 1. The minimum Gasteiger partial charge on any atom is -0.421 e. The van der Waals surface area contributed by atoms with E-state index in [1.807, 2.05) is 41.3 Å². The smallest absolute Gasteiger partial charge is 0.316 e. The van der Waals surface area contributed by atoms with Crippen molar-refractivity contribution in [2.45, 2.75) is 13.8 Å². The van der Waals surface area contributed by atoms with Crippen molar-refractivity contribution in [2.75, 3.05) is 32.7 Å². The fourth-order valence-corrected chi connectivity index (χ4v) is 3.74. The number of aromatic amines is 1. The highest BCUT2D eigenvalue weighted by Crippen LogP contribution is 2.29. The number of halogens is 2. The van der Waals surface area contributed by atoms with Crippen LogP contribution in [0.2, 0.25) is 0 Å². The number of nitrogens with zero attached hydrogens (tertiary/aromatic N) is 3. The molecule has 2 aliphatic rings. The molecule has 1 fully saturated rings. The molecule has 1 aromatic heterocycles. The number of hydrogen-bond acceptors (Lipinski definition) is 5. The Morgan fingerprint density at radius 3 is 2.79 bits per heavy atom. The molecule has 0 bridgehead atoms. The summed E-state index contributed by atoms with van der Waals surface area (Å²) in [5.41, 5.74) is 4.92. The third-order valence-electron chi connectivity index (χ3n) is 5.30. The number of allylic oxidation sites excluding steroid dienone is 2. The molecule has 33 heavy (non-hydrogen) atoms. The van der Waals surface area contributed by atoms with Gasteiger partial charge in [-0.05, 0) is 38.1 Å². The largest absolute Gasteiger partial charge is 0.421 e. The Morgan fingerprint density at radius 1 is 1.24 bits per heavy atom. The van der Waals surface area contributed by atoms with Crippen LogP contribution in [0.15, 0.2) is 53.3 Å². The van der Waals surface area contributed by atoms with Crippen molar-refractivity contribution >= 4 is 22.8 Å². The van der Waals surface area contributed by atoms with Crippen LogP contribution in [0.3, 0.4) is 0 Å². The maximum absolute atomic E-state index is 14.9. The summed E-state index contributed by atoms with van der Waals surface area (Å²) < 4.78 is 34.6. The molecule has 0 amide bonds. The third kappa shape index (κ3) is 5.23. The van der Waals surface area contributed by atoms with Gasteiger partial charge in [0.1, 0.15) is 5.84 Å². The molecular formula is C23H27F2N7O. The van der Waals surface area contributed by atoms with Crippen LogP contribution in [0.5, 0.6) is 5.75 Å². The summed E-state index contributed by atoms with van der Waals surface area (Å²) in [6, 6.07) is 1.91. The normalized spacial score (nSPS) is 17.3. The highest BCUT2D eigenvalue weighted by Gasteiger charge is 2.19. The number of hydrazine groups is 1. The predicted octanol–water partition coefficient (Wildman–Crippen LogP) is 3.17. The summed E-state index contributed by atoms with van der Waals surface area (Å²) in [6.07, 6.45) is 9.58. The van der Waals surface area contributed by atoms with Crippen molar-refractivity contribution in [2.24, 2.45) is 4.99 Å². The Morgan fingerprint density at radius 2 is 2.03 bits per heavy atom. The van der Waals surface area contributed by atoms with Crippen molar-refractivity contribution in [3.8, 4) is 5.75 Å². The summed E-state index contributed by atoms with van der Waals surface area (Å²) in [4.78, 5) is 9.07. The molecular weight excluding hydrogens is 428 g/mol. The lowest BCUT2D eigenvalue weighted by atomic mass is 10.2. The second-order valence-electron chi connectivity index (χ2n) is 7.77. The predicted molar refractivity (Wildman–Crippen MR) is 125 cm³/mol. The van der Waals surface area contributed by atoms with Gasteiger partial charge in [0.15, 0.2) is 17.4 Å². The Hall–Kier alpha value is -3.66. The number of hydrogen-bond donors (Lipinski definition) is 4. The number of amidine groups is 2. The van der Waals surface area contributed by atoms with Crippen LogP contribution in [0.1, 0.15) is 12.6 Å². The van der Waals surface area contributed by atoms with Gasteiger partial charge in [-0.2, -0.15) is 4.99 Å². The molecule has 0 aliphatic carbocycles. The van der Waals surface area contributed by atoms with E-state index in [0.717, 1.165) is 24.9 Å². The summed E-state index contributed by atoms with van der Waals surface area (Å²) in [5.74, 6) is -1.27. The average Bonchev–Trinajstić information content (AvgIpc) is 3.42. The van der Waals surface area contributed by atoms with E-state index in [4.69, 9.17) is 10.1 Å². The van der Waals surface area contributed by atoms with Crippen LogP contribution in [0.4, 0.5) is 8.78 Å². The lowest BCUT2D eigenvalue weighted by molar-refractivity contribution is 0.354. The van der Waals surface area contributed by atoms with Crippen LogP contribution in [-0.2, 0) is 0 Å². The molecule has 3 heterocycles. The van der Waals surface area contributed by atoms with Gasteiger partial charge < -0.3 is 19.9 Å². The Labute approximate surface area is 190 Å². The fraction of sp³-hybridized carbons (Fsp3) is 0.304. The minimum absolute atomic E-state index is 0.0702. The van der Waals surface area contributed by atoms with Crippen molar-refractivity contribution < 1.29 is 13.5 Å². The molecule has 2 aromatic rings. The van der Waals surface area contributed by atoms with E-state index in [1.54, 1.807) is 13.0 Å². The Balaban J connectivity index is 1.54. The van der Waals surface area contributed by atoms with Crippen LogP contribution >= 0.6 is 0 Å². The number of piperazine rings is 1. The van der Waals surface area contributed by atoms with Crippen LogP contribution in [-0.4, -0.2) is 59.5 Å². The number of nitrogens with one attached hydrogen (secondary N) is 4. The van der Waals surface area contributed by atoms with Crippen molar-refractivity contribution in [1.29, 1.82) is 5.41 Å². The Bertz CT molecular complexity index is 1160. The topological polar surface area (TPSA) is 91.8 Å². The van der Waals surface area contributed by atoms with E-state index < -0.39 is 17.7 Å². The van der Waals surface area contributed by atoms with Crippen molar-refractivity contribution in [1.82, 2.24) is 25.6 Å². The molecule has 174 valence electrons. The van der Waals surface area contributed by atoms with Crippen LogP contribution < -0.4 is 15.5 Å². The van der Waals surface area contributed by atoms with Crippen molar-refractivity contribution in [3.05, 3.63) is 65.7 Å². The zero-order valence-electron chi connectivity index (χ0n) is 18.6. The maximum atomic E-state index is 14.9. The monoisotopic (exact) mass is 455 g/mol. The molecule has 0 unspecified atom stereocenters. The average molecular weight is 456 g/mol. The van der Waals surface area contributed by atoms with E-state index in [-0.39, 0.29) is 16.7 Å². The molecule has 0 spiro atoms. The van der Waals surface area contributed by atoms with Gasteiger partial charge in [0.05, 0.1) is 17.8 Å². The van der Waals surface area contributed by atoms with E-state index in [2.05, 4.69) is 20.7 Å². The van der Waals surface area contributed by atoms with Gasteiger partial charge in [-0.1, -0.05) is 6.08 Å². The zero-order chi connectivity index (χ0) is 23.4. The van der Waals surface area contributed by atoms with Crippen LogP contribution in [0, 0.1) is 24.0 Å². The summed E-state index contributed by atoms with van der Waals surface area (Å²) in [5, 5.41) is 13.4. The fourth-order valence-electron chi connectivity index (χ4n) is 3.74.